The molecule has 7 heavy (non-hydrogen) atoms. The first-order valence-corrected chi connectivity index (χ1v) is 3.44. The van der Waals surface area contributed by atoms with Gasteiger partial charge in [0.25, 0.3) is 0 Å². The third kappa shape index (κ3) is 6.31. The Hall–Kier alpha value is 0.310. The van der Waals surface area contributed by atoms with Crippen molar-refractivity contribution in [2.75, 3.05) is 0 Å². The molecule has 1 atom stereocenters. The zero-order valence-corrected chi connectivity index (χ0v) is 5.66. The Morgan fingerprint density at radius 3 is 2.57 bits per heavy atom. The van der Waals surface area contributed by atoms with E-state index in [4.69, 9.17) is 5.73 Å². The Morgan fingerprint density at radius 1 is 1.86 bits per heavy atom. The maximum absolute atomic E-state index is 5.41. The van der Waals surface area contributed by atoms with Crippen molar-refractivity contribution in [1.82, 2.24) is 0 Å². The molecular weight excluding hydrogens is 106 g/mol. The smallest absolute Gasteiger partial charge is 0.0481 e. The van der Waals surface area contributed by atoms with Crippen LogP contribution in [-0.4, -0.2) is 5.37 Å². The predicted molar refractivity (Wildman–Crippen MR) is 35.8 cm³/mol. The van der Waals surface area contributed by atoms with E-state index in [0.717, 1.165) is 6.42 Å². The molecule has 0 rings (SSSR count). The fourth-order valence-electron chi connectivity index (χ4n) is 0.248. The van der Waals surface area contributed by atoms with Gasteiger partial charge < -0.3 is 5.73 Å². The molecule has 0 bridgehead atoms. The van der Waals surface area contributed by atoms with E-state index in [9.17, 15) is 0 Å². The van der Waals surface area contributed by atoms with Crippen LogP contribution in [0.25, 0.3) is 0 Å². The third-order valence-electron chi connectivity index (χ3n) is 0.478. The van der Waals surface area contributed by atoms with Gasteiger partial charge in [-0.3, -0.25) is 0 Å². The molecule has 0 amide bonds. The van der Waals surface area contributed by atoms with E-state index in [2.05, 4.69) is 12.7 Å². The minimum atomic E-state index is 0.264. The molecule has 43 valence electrons. The standard InChI is InChI=1S/C5H12NS/c1-3-4-7-5(2)6/h4-5H,3,6H2,1-2H3. The van der Waals surface area contributed by atoms with Crippen molar-refractivity contribution in [3.8, 4) is 0 Å². The Labute approximate surface area is 49.7 Å². The molecule has 0 saturated carbocycles. The summed E-state index contributed by atoms with van der Waals surface area (Å²) in [6, 6.07) is 0. The normalized spacial score (nSPS) is 14.1. The average molecular weight is 118 g/mol. The number of nitrogens with two attached hydrogens (primary N) is 1. The lowest BCUT2D eigenvalue weighted by molar-refractivity contribution is 1.04. The van der Waals surface area contributed by atoms with Crippen molar-refractivity contribution in [3.05, 3.63) is 5.75 Å². The molecule has 1 nitrogen and oxygen atoms in total. The van der Waals surface area contributed by atoms with E-state index in [1.807, 2.05) is 6.92 Å². The molecule has 2 heteroatoms. The lowest BCUT2D eigenvalue weighted by atomic mass is 10.6. The van der Waals surface area contributed by atoms with Crippen molar-refractivity contribution in [1.29, 1.82) is 0 Å². The summed E-state index contributed by atoms with van der Waals surface area (Å²) in [6.45, 7) is 4.09. The van der Waals surface area contributed by atoms with E-state index < -0.39 is 0 Å². The van der Waals surface area contributed by atoms with Crippen LogP contribution in [0, 0.1) is 5.75 Å². The van der Waals surface area contributed by atoms with Crippen molar-refractivity contribution < 1.29 is 0 Å². The number of thioether (sulfide) groups is 1. The van der Waals surface area contributed by atoms with Crippen LogP contribution < -0.4 is 5.73 Å². The van der Waals surface area contributed by atoms with Crippen molar-refractivity contribution >= 4 is 11.8 Å². The van der Waals surface area contributed by atoms with Crippen molar-refractivity contribution in [2.45, 2.75) is 25.6 Å². The SMILES string of the molecule is CC[CH]SC(C)N. The molecule has 1 radical (unpaired) electrons. The number of rotatable bonds is 3. The van der Waals surface area contributed by atoms with Gasteiger partial charge in [-0.15, -0.1) is 11.8 Å². The summed E-state index contributed by atoms with van der Waals surface area (Å²) in [6.07, 6.45) is 1.10. The Balaban J connectivity index is 2.68. The Morgan fingerprint density at radius 2 is 2.43 bits per heavy atom. The third-order valence-corrected chi connectivity index (χ3v) is 1.43. The molecule has 0 aromatic carbocycles. The summed E-state index contributed by atoms with van der Waals surface area (Å²) in [5.74, 6) is 2.12. The molecule has 0 saturated heterocycles. The lowest BCUT2D eigenvalue weighted by Crippen LogP contribution is -2.08. The zero-order valence-electron chi connectivity index (χ0n) is 4.85. The maximum Gasteiger partial charge on any atom is 0.0481 e. The van der Waals surface area contributed by atoms with Crippen LogP contribution in [0.5, 0.6) is 0 Å². The summed E-state index contributed by atoms with van der Waals surface area (Å²) < 4.78 is 0. The molecule has 1 unspecified atom stereocenters. The van der Waals surface area contributed by atoms with Gasteiger partial charge in [0.1, 0.15) is 0 Å². The molecule has 0 aromatic heterocycles. The van der Waals surface area contributed by atoms with Gasteiger partial charge in [0.05, 0.1) is 0 Å². The molecule has 0 aliphatic rings. The highest BCUT2D eigenvalue weighted by atomic mass is 32.2. The first-order valence-electron chi connectivity index (χ1n) is 2.50. The topological polar surface area (TPSA) is 26.0 Å². The van der Waals surface area contributed by atoms with Crippen LogP contribution in [0.2, 0.25) is 0 Å². The highest BCUT2D eigenvalue weighted by molar-refractivity contribution is 8.01. The highest BCUT2D eigenvalue weighted by Gasteiger charge is 1.89. The fraction of sp³-hybridized carbons (Fsp3) is 0.800. The zero-order chi connectivity index (χ0) is 5.70. The summed E-state index contributed by atoms with van der Waals surface area (Å²) in [5.41, 5.74) is 5.41. The van der Waals surface area contributed by atoms with Crippen molar-refractivity contribution in [3.63, 3.8) is 0 Å². The minimum Gasteiger partial charge on any atom is -0.320 e. The Bertz CT molecular complexity index is 37.1. The average Bonchev–Trinajstić information content (AvgIpc) is 1.61. The second kappa shape index (κ2) is 4.47. The largest absolute Gasteiger partial charge is 0.320 e. The molecule has 0 aliphatic carbocycles. The maximum atomic E-state index is 5.41. The molecule has 0 fully saturated rings. The summed E-state index contributed by atoms with van der Waals surface area (Å²) in [5, 5.41) is 0.264. The quantitative estimate of drug-likeness (QED) is 0.569. The van der Waals surface area contributed by atoms with Crippen LogP contribution in [0.4, 0.5) is 0 Å². The van der Waals surface area contributed by atoms with E-state index >= 15 is 0 Å². The lowest BCUT2D eigenvalue weighted by Gasteiger charge is -1.99. The van der Waals surface area contributed by atoms with Crippen LogP contribution in [0.3, 0.4) is 0 Å². The first kappa shape index (κ1) is 7.31. The Kier molecular flexibility index (Phi) is 4.67. The monoisotopic (exact) mass is 118 g/mol. The fourth-order valence-corrected chi connectivity index (χ4v) is 0.744. The van der Waals surface area contributed by atoms with Gasteiger partial charge in [-0.1, -0.05) is 6.92 Å². The predicted octanol–water partition coefficient (Wildman–Crippen LogP) is 1.60. The molecular formula is C5H12NS. The molecule has 0 heterocycles. The molecule has 0 spiro atoms. The van der Waals surface area contributed by atoms with E-state index in [-0.39, 0.29) is 5.37 Å². The molecule has 0 aromatic rings. The van der Waals surface area contributed by atoms with Gasteiger partial charge in [-0.2, -0.15) is 0 Å². The van der Waals surface area contributed by atoms with Gasteiger partial charge in [-0.25, -0.2) is 0 Å². The number of hydrogen-bond donors (Lipinski definition) is 1. The molecule has 0 aliphatic heterocycles. The van der Waals surface area contributed by atoms with Crippen LogP contribution in [0.15, 0.2) is 0 Å². The van der Waals surface area contributed by atoms with Gasteiger partial charge in [0.15, 0.2) is 0 Å². The van der Waals surface area contributed by atoms with E-state index in [1.165, 1.54) is 0 Å². The van der Waals surface area contributed by atoms with Crippen molar-refractivity contribution in [2.24, 2.45) is 5.73 Å². The van der Waals surface area contributed by atoms with Crippen LogP contribution in [-0.2, 0) is 0 Å². The summed E-state index contributed by atoms with van der Waals surface area (Å²) in [4.78, 5) is 0. The molecule has 2 N–H and O–H groups in total. The van der Waals surface area contributed by atoms with Gasteiger partial charge in [0.2, 0.25) is 0 Å². The van der Waals surface area contributed by atoms with Crippen LogP contribution in [0.1, 0.15) is 20.3 Å². The van der Waals surface area contributed by atoms with E-state index in [1.54, 1.807) is 11.8 Å². The second-order valence-corrected chi connectivity index (χ2v) is 2.77. The number of hydrogen-bond acceptors (Lipinski definition) is 2. The first-order chi connectivity index (χ1) is 3.27. The van der Waals surface area contributed by atoms with Gasteiger partial charge in [-0.05, 0) is 13.3 Å². The summed E-state index contributed by atoms with van der Waals surface area (Å²) >= 11 is 1.68. The van der Waals surface area contributed by atoms with Crippen LogP contribution >= 0.6 is 11.8 Å². The van der Waals surface area contributed by atoms with Gasteiger partial charge >= 0.3 is 0 Å². The minimum absolute atomic E-state index is 0.264. The second-order valence-electron chi connectivity index (χ2n) is 1.42. The van der Waals surface area contributed by atoms with Gasteiger partial charge in [0, 0.05) is 11.1 Å². The summed E-state index contributed by atoms with van der Waals surface area (Å²) in [7, 11) is 0. The highest BCUT2D eigenvalue weighted by Crippen LogP contribution is 2.10. The van der Waals surface area contributed by atoms with E-state index in [0.29, 0.717) is 0 Å².